The van der Waals surface area contributed by atoms with E-state index in [-0.39, 0.29) is 37.2 Å². The van der Waals surface area contributed by atoms with E-state index in [9.17, 15) is 13.6 Å². The number of thiophene rings is 1. The minimum atomic E-state index is -2.56. The lowest BCUT2D eigenvalue weighted by Gasteiger charge is -2.28. The lowest BCUT2D eigenvalue weighted by atomic mass is 9.92. The first-order valence-electron chi connectivity index (χ1n) is 10.1. The molecule has 1 aliphatic heterocycles. The molecule has 1 amide bonds. The van der Waals surface area contributed by atoms with E-state index in [0.717, 1.165) is 39.0 Å². The van der Waals surface area contributed by atoms with Crippen LogP contribution in [0.4, 0.5) is 8.78 Å². The van der Waals surface area contributed by atoms with Crippen molar-refractivity contribution in [3.05, 3.63) is 21.9 Å². The lowest BCUT2D eigenvalue weighted by Crippen LogP contribution is -2.40. The Labute approximate surface area is 175 Å². The molecule has 8 heteroatoms. The van der Waals surface area contributed by atoms with Crippen LogP contribution in [0.15, 0.2) is 11.4 Å². The SMILES string of the molecule is Cl.O=C(NC1CCC(F)(F)CC1)c1csc(C2CC2NCC2CCOCC2)c1. The van der Waals surface area contributed by atoms with Gasteiger partial charge in [0.05, 0.1) is 5.56 Å². The fourth-order valence-electron chi connectivity index (χ4n) is 4.12. The molecule has 4 rings (SSSR count). The average molecular weight is 435 g/mol. The molecule has 2 saturated carbocycles. The van der Waals surface area contributed by atoms with E-state index < -0.39 is 5.92 Å². The molecule has 1 aromatic heterocycles. The molecule has 0 bridgehead atoms. The van der Waals surface area contributed by atoms with Gasteiger partial charge in [0.15, 0.2) is 0 Å². The molecule has 3 aliphatic rings. The molecule has 2 unspecified atom stereocenters. The Morgan fingerprint density at radius 3 is 2.64 bits per heavy atom. The van der Waals surface area contributed by atoms with Gasteiger partial charge in [0.2, 0.25) is 5.92 Å². The van der Waals surface area contributed by atoms with Gasteiger partial charge in [0, 0.05) is 54.3 Å². The van der Waals surface area contributed by atoms with E-state index in [2.05, 4.69) is 10.6 Å². The fraction of sp³-hybridized carbons (Fsp3) is 0.750. The van der Waals surface area contributed by atoms with E-state index in [1.54, 1.807) is 11.3 Å². The molecule has 0 spiro atoms. The molecule has 28 heavy (non-hydrogen) atoms. The molecule has 0 aromatic carbocycles. The Morgan fingerprint density at radius 2 is 1.93 bits per heavy atom. The van der Waals surface area contributed by atoms with Crippen LogP contribution in [-0.4, -0.2) is 43.7 Å². The first kappa shape index (κ1) is 21.9. The summed E-state index contributed by atoms with van der Waals surface area (Å²) >= 11 is 1.63. The molecule has 1 saturated heterocycles. The van der Waals surface area contributed by atoms with Gasteiger partial charge in [0.25, 0.3) is 5.91 Å². The van der Waals surface area contributed by atoms with E-state index in [1.165, 1.54) is 4.88 Å². The van der Waals surface area contributed by atoms with Crippen molar-refractivity contribution in [1.82, 2.24) is 10.6 Å². The van der Waals surface area contributed by atoms with Crippen LogP contribution in [0, 0.1) is 5.92 Å². The van der Waals surface area contributed by atoms with Crippen LogP contribution in [-0.2, 0) is 4.74 Å². The number of hydrogen-bond acceptors (Lipinski definition) is 4. The van der Waals surface area contributed by atoms with Crippen LogP contribution in [0.1, 0.15) is 66.1 Å². The Hall–Kier alpha value is -0.760. The van der Waals surface area contributed by atoms with Crippen LogP contribution in [0.2, 0.25) is 0 Å². The summed E-state index contributed by atoms with van der Waals surface area (Å²) in [5, 5.41) is 8.50. The number of carbonyl (C=O) groups is 1. The number of rotatable bonds is 6. The van der Waals surface area contributed by atoms with E-state index in [1.807, 2.05) is 11.4 Å². The second-order valence-corrected chi connectivity index (χ2v) is 9.20. The highest BCUT2D eigenvalue weighted by Crippen LogP contribution is 2.43. The first-order chi connectivity index (χ1) is 13.0. The summed E-state index contributed by atoms with van der Waals surface area (Å²) in [7, 11) is 0. The molecule has 158 valence electrons. The van der Waals surface area contributed by atoms with Gasteiger partial charge in [-0.05, 0) is 50.6 Å². The molecule has 2 aliphatic carbocycles. The van der Waals surface area contributed by atoms with Gasteiger partial charge in [-0.25, -0.2) is 8.78 Å². The lowest BCUT2D eigenvalue weighted by molar-refractivity contribution is -0.0399. The van der Waals surface area contributed by atoms with E-state index in [0.29, 0.717) is 36.3 Å². The summed E-state index contributed by atoms with van der Waals surface area (Å²) in [5.41, 5.74) is 0.669. The maximum absolute atomic E-state index is 13.2. The molecule has 2 atom stereocenters. The number of hydrogen-bond donors (Lipinski definition) is 2. The first-order valence-corrected chi connectivity index (χ1v) is 11.0. The normalized spacial score (nSPS) is 27.8. The predicted molar refractivity (Wildman–Crippen MR) is 109 cm³/mol. The molecule has 2 heterocycles. The minimum Gasteiger partial charge on any atom is -0.381 e. The van der Waals surface area contributed by atoms with E-state index in [4.69, 9.17) is 4.74 Å². The van der Waals surface area contributed by atoms with Crippen molar-refractivity contribution in [2.45, 2.75) is 68.9 Å². The van der Waals surface area contributed by atoms with Gasteiger partial charge < -0.3 is 15.4 Å². The van der Waals surface area contributed by atoms with Crippen molar-refractivity contribution in [2.75, 3.05) is 19.8 Å². The zero-order valence-electron chi connectivity index (χ0n) is 15.9. The maximum Gasteiger partial charge on any atom is 0.252 e. The van der Waals surface area contributed by atoms with Crippen LogP contribution in [0.5, 0.6) is 0 Å². The molecule has 2 N–H and O–H groups in total. The highest BCUT2D eigenvalue weighted by atomic mass is 35.5. The zero-order valence-corrected chi connectivity index (χ0v) is 17.6. The number of alkyl halides is 2. The summed E-state index contributed by atoms with van der Waals surface area (Å²) in [5.74, 6) is -1.47. The second kappa shape index (κ2) is 9.37. The van der Waals surface area contributed by atoms with Gasteiger partial charge in [0.1, 0.15) is 0 Å². The third-order valence-electron chi connectivity index (χ3n) is 6.10. The largest absolute Gasteiger partial charge is 0.381 e. The van der Waals surface area contributed by atoms with Crippen molar-refractivity contribution in [3.63, 3.8) is 0 Å². The molecular weight excluding hydrogens is 406 g/mol. The van der Waals surface area contributed by atoms with Gasteiger partial charge in [-0.15, -0.1) is 23.7 Å². The summed E-state index contributed by atoms with van der Waals surface area (Å²) in [4.78, 5) is 13.7. The Kier molecular flexibility index (Phi) is 7.34. The van der Waals surface area contributed by atoms with Crippen molar-refractivity contribution in [3.8, 4) is 0 Å². The summed E-state index contributed by atoms with van der Waals surface area (Å²) in [6, 6.07) is 2.37. The summed E-state index contributed by atoms with van der Waals surface area (Å²) in [6.07, 6.45) is 3.86. The number of nitrogens with one attached hydrogen (secondary N) is 2. The van der Waals surface area contributed by atoms with Crippen molar-refractivity contribution in [2.24, 2.45) is 5.92 Å². The maximum atomic E-state index is 13.2. The molecular formula is C20H29ClF2N2O2S. The van der Waals surface area contributed by atoms with Gasteiger partial charge in [-0.2, -0.15) is 0 Å². The monoisotopic (exact) mass is 434 g/mol. The zero-order chi connectivity index (χ0) is 18.9. The topological polar surface area (TPSA) is 50.4 Å². The highest BCUT2D eigenvalue weighted by molar-refractivity contribution is 7.10. The Morgan fingerprint density at radius 1 is 1.21 bits per heavy atom. The Bertz CT molecular complexity index is 656. The number of carbonyl (C=O) groups excluding carboxylic acids is 1. The second-order valence-electron chi connectivity index (χ2n) is 8.25. The number of ether oxygens (including phenoxy) is 1. The quantitative estimate of drug-likeness (QED) is 0.699. The Balaban J connectivity index is 0.00000225. The summed E-state index contributed by atoms with van der Waals surface area (Å²) < 4.78 is 31.9. The molecule has 3 fully saturated rings. The molecule has 0 radical (unpaired) electrons. The predicted octanol–water partition coefficient (Wildman–Crippen LogP) is 4.35. The van der Waals surface area contributed by atoms with Crippen LogP contribution in [0.3, 0.4) is 0 Å². The van der Waals surface area contributed by atoms with Gasteiger partial charge in [-0.1, -0.05) is 0 Å². The van der Waals surface area contributed by atoms with Crippen molar-refractivity contribution < 1.29 is 18.3 Å². The van der Waals surface area contributed by atoms with Crippen molar-refractivity contribution >= 4 is 29.7 Å². The molecule has 4 nitrogen and oxygen atoms in total. The van der Waals surface area contributed by atoms with Crippen LogP contribution < -0.4 is 10.6 Å². The van der Waals surface area contributed by atoms with Crippen LogP contribution in [0.25, 0.3) is 0 Å². The highest BCUT2D eigenvalue weighted by Gasteiger charge is 2.40. The minimum absolute atomic E-state index is 0. The molecule has 1 aromatic rings. The third kappa shape index (κ3) is 5.65. The fourth-order valence-corrected chi connectivity index (χ4v) is 5.19. The van der Waals surface area contributed by atoms with Gasteiger partial charge in [-0.3, -0.25) is 4.79 Å². The van der Waals surface area contributed by atoms with Gasteiger partial charge >= 0.3 is 0 Å². The van der Waals surface area contributed by atoms with Crippen molar-refractivity contribution in [1.29, 1.82) is 0 Å². The average Bonchev–Trinajstić information content (AvgIpc) is 3.27. The standard InChI is InChI=1S/C20H28F2N2O2S.ClH/c21-20(22)5-1-15(2-6-20)24-19(25)14-9-18(27-12-14)16-10-17(16)23-11-13-3-7-26-8-4-13;/h9,12-13,15-17,23H,1-8,10-11H2,(H,24,25);1H. The summed E-state index contributed by atoms with van der Waals surface area (Å²) in [6.45, 7) is 2.81. The van der Waals surface area contributed by atoms with Crippen LogP contribution >= 0.6 is 23.7 Å². The number of amides is 1. The number of halogens is 3. The van der Waals surface area contributed by atoms with E-state index >= 15 is 0 Å². The smallest absolute Gasteiger partial charge is 0.252 e. The third-order valence-corrected chi connectivity index (χ3v) is 7.16.